The lowest BCUT2D eigenvalue weighted by atomic mass is 9.90. The number of rotatable bonds is 9. The lowest BCUT2D eigenvalue weighted by Crippen LogP contribution is -2.36. The van der Waals surface area contributed by atoms with Crippen LogP contribution in [-0.4, -0.2) is 66.4 Å². The van der Waals surface area contributed by atoms with Crippen molar-refractivity contribution >= 4 is 32.7 Å². The second kappa shape index (κ2) is 11.6. The van der Waals surface area contributed by atoms with Gasteiger partial charge in [0.25, 0.3) is 0 Å². The van der Waals surface area contributed by atoms with Crippen molar-refractivity contribution < 1.29 is 21.6 Å². The SMILES string of the molecule is CCc1cc(-c2ccc(NS(=O)(=O)CCC(F)(F)F)nc2C)cc2cnc(NC3CCC(N(C)C)CC3)nc12. The molecule has 212 valence electrons. The van der Waals surface area contributed by atoms with Gasteiger partial charge in [0.2, 0.25) is 16.0 Å². The van der Waals surface area contributed by atoms with Crippen LogP contribution in [0.3, 0.4) is 0 Å². The second-order valence-corrected chi connectivity index (χ2v) is 12.2. The molecule has 0 aliphatic heterocycles. The molecule has 1 aromatic carbocycles. The maximum atomic E-state index is 12.4. The molecule has 0 atom stereocenters. The Bertz CT molecular complexity index is 1420. The third-order valence-electron chi connectivity index (χ3n) is 7.21. The van der Waals surface area contributed by atoms with Gasteiger partial charge in [-0.15, -0.1) is 0 Å². The number of aromatic nitrogens is 3. The van der Waals surface area contributed by atoms with Gasteiger partial charge in [0.05, 0.1) is 17.7 Å². The Morgan fingerprint density at radius 2 is 1.79 bits per heavy atom. The highest BCUT2D eigenvalue weighted by Crippen LogP contribution is 2.31. The van der Waals surface area contributed by atoms with Gasteiger partial charge in [-0.3, -0.25) is 4.72 Å². The van der Waals surface area contributed by atoms with E-state index in [0.717, 1.165) is 59.7 Å². The monoisotopic (exact) mass is 564 g/mol. The molecule has 1 saturated carbocycles. The smallest absolute Gasteiger partial charge is 0.351 e. The number of alkyl halides is 3. The molecule has 2 aromatic heterocycles. The van der Waals surface area contributed by atoms with Crippen LogP contribution in [0.5, 0.6) is 0 Å². The first-order valence-corrected chi connectivity index (χ1v) is 14.8. The van der Waals surface area contributed by atoms with Crippen LogP contribution in [0.1, 0.15) is 50.3 Å². The first-order valence-electron chi connectivity index (χ1n) is 13.1. The summed E-state index contributed by atoms with van der Waals surface area (Å²) in [4.78, 5) is 16.0. The Hall–Kier alpha value is -2.99. The lowest BCUT2D eigenvalue weighted by Gasteiger charge is -2.33. The van der Waals surface area contributed by atoms with Gasteiger partial charge < -0.3 is 10.2 Å². The number of aryl methyl sites for hydroxylation is 2. The maximum Gasteiger partial charge on any atom is 0.390 e. The Morgan fingerprint density at radius 3 is 2.41 bits per heavy atom. The normalized spacial score (nSPS) is 18.5. The van der Waals surface area contributed by atoms with Crippen molar-refractivity contribution in [2.45, 2.75) is 70.6 Å². The molecule has 0 spiro atoms. The predicted molar refractivity (Wildman–Crippen MR) is 148 cm³/mol. The molecule has 3 aromatic rings. The van der Waals surface area contributed by atoms with Crippen LogP contribution in [0.2, 0.25) is 0 Å². The summed E-state index contributed by atoms with van der Waals surface area (Å²) in [5.41, 5.74) is 4.12. The number of anilines is 2. The number of nitrogens with one attached hydrogen (secondary N) is 2. The van der Waals surface area contributed by atoms with Crippen LogP contribution in [0.25, 0.3) is 22.0 Å². The molecule has 0 amide bonds. The molecular weight excluding hydrogens is 529 g/mol. The van der Waals surface area contributed by atoms with E-state index in [1.165, 1.54) is 6.07 Å². The fourth-order valence-corrected chi connectivity index (χ4v) is 6.05. The Balaban J connectivity index is 1.52. The average Bonchev–Trinajstić information content (AvgIpc) is 2.87. The van der Waals surface area contributed by atoms with Gasteiger partial charge in [-0.05, 0) is 88.5 Å². The van der Waals surface area contributed by atoms with E-state index in [9.17, 15) is 21.6 Å². The molecule has 2 heterocycles. The number of nitrogens with zero attached hydrogens (tertiary/aromatic N) is 4. The number of fused-ring (bicyclic) bond motifs is 1. The van der Waals surface area contributed by atoms with Gasteiger partial charge >= 0.3 is 6.18 Å². The molecule has 0 radical (unpaired) electrons. The van der Waals surface area contributed by atoms with E-state index < -0.39 is 28.4 Å². The standard InChI is InChI=1S/C27H35F3N6O2S/c1-5-18-14-19(23-10-11-24(32-17(23)2)35-39(37,38)13-12-27(28,29)30)15-20-16-31-26(34-25(18)20)33-21-6-8-22(9-7-21)36(3)4/h10-11,14-16,21-22H,5-9,12-13H2,1-4H3,(H,32,35)(H,31,33,34). The van der Waals surface area contributed by atoms with Crippen LogP contribution in [-0.2, 0) is 16.4 Å². The van der Waals surface area contributed by atoms with E-state index in [2.05, 4.69) is 45.9 Å². The molecule has 0 unspecified atom stereocenters. The largest absolute Gasteiger partial charge is 0.390 e. The number of pyridine rings is 1. The summed E-state index contributed by atoms with van der Waals surface area (Å²) >= 11 is 0. The van der Waals surface area contributed by atoms with Crippen LogP contribution in [0.4, 0.5) is 24.9 Å². The summed E-state index contributed by atoms with van der Waals surface area (Å²) in [6.07, 6.45) is 1.01. The zero-order valence-electron chi connectivity index (χ0n) is 22.6. The average molecular weight is 565 g/mol. The molecule has 1 aliphatic carbocycles. The first kappa shape index (κ1) is 29.0. The molecule has 12 heteroatoms. The summed E-state index contributed by atoms with van der Waals surface area (Å²) < 4.78 is 63.6. The summed E-state index contributed by atoms with van der Waals surface area (Å²) in [6.45, 7) is 3.79. The Labute approximate surface area is 227 Å². The third kappa shape index (κ3) is 7.57. The summed E-state index contributed by atoms with van der Waals surface area (Å²) in [5.74, 6) is -0.454. The lowest BCUT2D eigenvalue weighted by molar-refractivity contribution is -0.129. The zero-order valence-corrected chi connectivity index (χ0v) is 23.5. The van der Waals surface area contributed by atoms with Gasteiger partial charge in [0, 0.05) is 34.9 Å². The van der Waals surface area contributed by atoms with Crippen molar-refractivity contribution in [1.29, 1.82) is 0 Å². The second-order valence-electron chi connectivity index (χ2n) is 10.3. The molecule has 0 saturated heterocycles. The van der Waals surface area contributed by atoms with Crippen molar-refractivity contribution in [2.75, 3.05) is 29.9 Å². The van der Waals surface area contributed by atoms with Crippen LogP contribution in [0, 0.1) is 6.92 Å². The molecule has 1 fully saturated rings. The number of hydrogen-bond donors (Lipinski definition) is 2. The van der Waals surface area contributed by atoms with Crippen LogP contribution < -0.4 is 10.0 Å². The van der Waals surface area contributed by atoms with E-state index in [4.69, 9.17) is 4.98 Å². The highest BCUT2D eigenvalue weighted by Gasteiger charge is 2.30. The van der Waals surface area contributed by atoms with Gasteiger partial charge in [-0.1, -0.05) is 6.92 Å². The number of benzene rings is 1. The van der Waals surface area contributed by atoms with E-state index in [1.807, 2.05) is 18.3 Å². The zero-order chi connectivity index (χ0) is 28.4. The van der Waals surface area contributed by atoms with Crippen molar-refractivity contribution in [3.05, 3.63) is 41.7 Å². The van der Waals surface area contributed by atoms with E-state index in [-0.39, 0.29) is 5.82 Å². The molecule has 0 bridgehead atoms. The number of hydrogen-bond acceptors (Lipinski definition) is 7. The molecule has 4 rings (SSSR count). The summed E-state index contributed by atoms with van der Waals surface area (Å²) in [7, 11) is 0.0727. The fraction of sp³-hybridized carbons (Fsp3) is 0.519. The fourth-order valence-electron chi connectivity index (χ4n) is 5.02. The molecule has 2 N–H and O–H groups in total. The van der Waals surface area contributed by atoms with Crippen molar-refractivity contribution in [3.8, 4) is 11.1 Å². The van der Waals surface area contributed by atoms with Crippen LogP contribution in [0.15, 0.2) is 30.5 Å². The van der Waals surface area contributed by atoms with E-state index in [1.54, 1.807) is 13.0 Å². The van der Waals surface area contributed by atoms with Crippen molar-refractivity contribution in [3.63, 3.8) is 0 Å². The minimum atomic E-state index is -4.55. The number of sulfonamides is 1. The van der Waals surface area contributed by atoms with Gasteiger partial charge in [0.15, 0.2) is 0 Å². The van der Waals surface area contributed by atoms with Crippen molar-refractivity contribution in [2.24, 2.45) is 0 Å². The molecule has 39 heavy (non-hydrogen) atoms. The van der Waals surface area contributed by atoms with E-state index >= 15 is 0 Å². The van der Waals surface area contributed by atoms with E-state index in [0.29, 0.717) is 23.7 Å². The Morgan fingerprint density at radius 1 is 1.08 bits per heavy atom. The third-order valence-corrected chi connectivity index (χ3v) is 8.48. The molecule has 1 aliphatic rings. The Kier molecular flexibility index (Phi) is 8.65. The topological polar surface area (TPSA) is 100 Å². The maximum absolute atomic E-state index is 12.4. The molecular formula is C27H35F3N6O2S. The highest BCUT2D eigenvalue weighted by molar-refractivity contribution is 7.92. The highest BCUT2D eigenvalue weighted by atomic mass is 32.2. The van der Waals surface area contributed by atoms with Gasteiger partial charge in [-0.2, -0.15) is 13.2 Å². The predicted octanol–water partition coefficient (Wildman–Crippen LogP) is 5.54. The quantitative estimate of drug-likeness (QED) is 0.352. The molecule has 8 nitrogen and oxygen atoms in total. The summed E-state index contributed by atoms with van der Waals surface area (Å²) in [5, 5.41) is 4.39. The minimum absolute atomic E-state index is 0.0198. The first-order chi connectivity index (χ1) is 18.3. The summed E-state index contributed by atoms with van der Waals surface area (Å²) in [6, 6.07) is 8.15. The van der Waals surface area contributed by atoms with Crippen LogP contribution >= 0.6 is 0 Å². The van der Waals surface area contributed by atoms with Gasteiger partial charge in [0.1, 0.15) is 5.82 Å². The van der Waals surface area contributed by atoms with Gasteiger partial charge in [-0.25, -0.2) is 23.4 Å². The minimum Gasteiger partial charge on any atom is -0.351 e. The number of halogens is 3. The van der Waals surface area contributed by atoms with Crippen molar-refractivity contribution in [1.82, 2.24) is 19.9 Å².